The van der Waals surface area contributed by atoms with Crippen LogP contribution in [0.15, 0.2) is 14.3 Å². The zero-order chi connectivity index (χ0) is 11.8. The Morgan fingerprint density at radius 1 is 1.31 bits per heavy atom. The molecule has 0 amide bonds. The largest absolute Gasteiger partial charge is 0.382 e. The maximum Gasteiger partial charge on any atom is 0.0843 e. The van der Waals surface area contributed by atoms with Gasteiger partial charge in [0.1, 0.15) is 0 Å². The predicted octanol–water partition coefficient (Wildman–Crippen LogP) is 3.03. The van der Waals surface area contributed by atoms with Crippen LogP contribution >= 0.6 is 43.2 Å². The van der Waals surface area contributed by atoms with Crippen LogP contribution in [0.5, 0.6) is 0 Å². The van der Waals surface area contributed by atoms with Gasteiger partial charge in [0.2, 0.25) is 0 Å². The normalized spacial score (nSPS) is 10.9. The lowest BCUT2D eigenvalue weighted by Crippen LogP contribution is -2.19. The molecule has 1 aromatic rings. The molecule has 0 aliphatic carbocycles. The van der Waals surface area contributed by atoms with Gasteiger partial charge < -0.3 is 14.8 Å². The van der Waals surface area contributed by atoms with E-state index in [1.807, 2.05) is 0 Å². The van der Waals surface area contributed by atoms with Gasteiger partial charge in [-0.2, -0.15) is 0 Å². The van der Waals surface area contributed by atoms with Crippen LogP contribution in [-0.4, -0.2) is 33.5 Å². The zero-order valence-electron chi connectivity index (χ0n) is 9.09. The fourth-order valence-corrected chi connectivity index (χ4v) is 3.23. The maximum absolute atomic E-state index is 5.34. The number of ether oxygens (including phenoxy) is 2. The highest BCUT2D eigenvalue weighted by Crippen LogP contribution is 2.32. The van der Waals surface area contributed by atoms with E-state index in [4.69, 9.17) is 9.47 Å². The molecule has 16 heavy (non-hydrogen) atoms. The highest BCUT2D eigenvalue weighted by Gasteiger charge is 2.02. The van der Waals surface area contributed by atoms with E-state index < -0.39 is 0 Å². The Morgan fingerprint density at radius 2 is 2.12 bits per heavy atom. The van der Waals surface area contributed by atoms with Crippen molar-refractivity contribution >= 4 is 43.2 Å². The molecule has 1 rings (SSSR count). The van der Waals surface area contributed by atoms with Gasteiger partial charge in [-0.25, -0.2) is 0 Å². The number of halogens is 2. The standard InChI is InChI=1S/C10H15Br2NO2S/c1-14-4-5-15-3-2-13-7-8-6-9(11)10(12)16-8/h6,13H,2-5,7H2,1H3. The average molecular weight is 373 g/mol. The fraction of sp³-hybridized carbons (Fsp3) is 0.600. The van der Waals surface area contributed by atoms with Crippen LogP contribution in [0, 0.1) is 0 Å². The van der Waals surface area contributed by atoms with Crippen LogP contribution in [0.1, 0.15) is 4.88 Å². The summed E-state index contributed by atoms with van der Waals surface area (Å²) in [4.78, 5) is 1.30. The van der Waals surface area contributed by atoms with Gasteiger partial charge in [0, 0.05) is 29.5 Å². The molecule has 0 aromatic carbocycles. The Balaban J connectivity index is 2.03. The second-order valence-corrected chi connectivity index (χ2v) is 6.43. The lowest BCUT2D eigenvalue weighted by molar-refractivity contribution is 0.0719. The lowest BCUT2D eigenvalue weighted by Gasteiger charge is -2.04. The molecule has 0 atom stereocenters. The minimum absolute atomic E-state index is 0.658. The summed E-state index contributed by atoms with van der Waals surface area (Å²) in [5, 5.41) is 3.32. The number of methoxy groups -OCH3 is 1. The number of nitrogens with one attached hydrogen (secondary N) is 1. The lowest BCUT2D eigenvalue weighted by atomic mass is 10.4. The molecule has 3 nitrogen and oxygen atoms in total. The molecular weight excluding hydrogens is 358 g/mol. The minimum atomic E-state index is 0.658. The number of hydrogen-bond acceptors (Lipinski definition) is 4. The van der Waals surface area contributed by atoms with E-state index in [0.29, 0.717) is 13.2 Å². The molecular formula is C10H15Br2NO2S. The molecule has 6 heteroatoms. The smallest absolute Gasteiger partial charge is 0.0843 e. The van der Waals surface area contributed by atoms with E-state index in [1.54, 1.807) is 18.4 Å². The molecule has 0 unspecified atom stereocenters. The number of thiophene rings is 1. The van der Waals surface area contributed by atoms with E-state index >= 15 is 0 Å². The van der Waals surface area contributed by atoms with Crippen LogP contribution in [-0.2, 0) is 16.0 Å². The Labute approximate surface area is 117 Å². The summed E-state index contributed by atoms with van der Waals surface area (Å²) in [5.74, 6) is 0. The van der Waals surface area contributed by atoms with E-state index in [2.05, 4.69) is 43.2 Å². The summed E-state index contributed by atoms with van der Waals surface area (Å²) >= 11 is 8.67. The summed E-state index contributed by atoms with van der Waals surface area (Å²) in [5.41, 5.74) is 0. The molecule has 1 aromatic heterocycles. The number of rotatable bonds is 8. The molecule has 0 spiro atoms. The van der Waals surface area contributed by atoms with Gasteiger partial charge in [-0.05, 0) is 37.9 Å². The van der Waals surface area contributed by atoms with Gasteiger partial charge in [0.25, 0.3) is 0 Å². The molecule has 1 N–H and O–H groups in total. The van der Waals surface area contributed by atoms with Crippen molar-refractivity contribution in [1.29, 1.82) is 0 Å². The second-order valence-electron chi connectivity index (χ2n) is 3.12. The van der Waals surface area contributed by atoms with E-state index in [-0.39, 0.29) is 0 Å². The highest BCUT2D eigenvalue weighted by atomic mass is 79.9. The predicted molar refractivity (Wildman–Crippen MR) is 74.1 cm³/mol. The molecule has 0 radical (unpaired) electrons. The maximum atomic E-state index is 5.34. The first-order valence-electron chi connectivity index (χ1n) is 4.95. The van der Waals surface area contributed by atoms with Crippen LogP contribution in [0.3, 0.4) is 0 Å². The van der Waals surface area contributed by atoms with Gasteiger partial charge >= 0.3 is 0 Å². The van der Waals surface area contributed by atoms with Crippen molar-refractivity contribution in [1.82, 2.24) is 5.32 Å². The van der Waals surface area contributed by atoms with Gasteiger partial charge in [-0.3, -0.25) is 0 Å². The summed E-state index contributed by atoms with van der Waals surface area (Å²) < 4.78 is 12.5. The Bertz CT molecular complexity index is 288. The van der Waals surface area contributed by atoms with Crippen molar-refractivity contribution in [3.8, 4) is 0 Å². The average Bonchev–Trinajstić information content (AvgIpc) is 2.57. The van der Waals surface area contributed by atoms with Crippen LogP contribution in [0.25, 0.3) is 0 Å². The third kappa shape index (κ3) is 5.75. The molecule has 1 heterocycles. The first-order valence-corrected chi connectivity index (χ1v) is 7.35. The van der Waals surface area contributed by atoms with Gasteiger partial charge in [-0.15, -0.1) is 11.3 Å². The Kier molecular flexibility index (Phi) is 7.85. The molecule has 0 bridgehead atoms. The highest BCUT2D eigenvalue weighted by molar-refractivity contribution is 9.13. The molecule has 92 valence electrons. The van der Waals surface area contributed by atoms with Crippen molar-refractivity contribution < 1.29 is 9.47 Å². The topological polar surface area (TPSA) is 30.5 Å². The van der Waals surface area contributed by atoms with E-state index in [0.717, 1.165) is 28.0 Å². The Morgan fingerprint density at radius 3 is 2.75 bits per heavy atom. The quantitative estimate of drug-likeness (QED) is 0.711. The first-order chi connectivity index (χ1) is 7.74. The molecule has 0 saturated carbocycles. The van der Waals surface area contributed by atoms with Crippen molar-refractivity contribution in [3.05, 3.63) is 19.2 Å². The van der Waals surface area contributed by atoms with Crippen LogP contribution < -0.4 is 5.32 Å². The summed E-state index contributed by atoms with van der Waals surface area (Å²) in [6.07, 6.45) is 0. The van der Waals surface area contributed by atoms with Gasteiger partial charge in [0.15, 0.2) is 0 Å². The number of hydrogen-bond donors (Lipinski definition) is 1. The summed E-state index contributed by atoms with van der Waals surface area (Å²) in [6, 6.07) is 2.12. The van der Waals surface area contributed by atoms with Crippen LogP contribution in [0.4, 0.5) is 0 Å². The molecule has 0 saturated heterocycles. The molecule has 0 fully saturated rings. The van der Waals surface area contributed by atoms with Crippen LogP contribution in [0.2, 0.25) is 0 Å². The molecule has 0 aliphatic heterocycles. The van der Waals surface area contributed by atoms with Gasteiger partial charge in [0.05, 0.1) is 23.6 Å². The Hall–Kier alpha value is 0.540. The summed E-state index contributed by atoms with van der Waals surface area (Å²) in [7, 11) is 1.67. The monoisotopic (exact) mass is 371 g/mol. The molecule has 0 aliphatic rings. The van der Waals surface area contributed by atoms with Crippen molar-refractivity contribution in [2.45, 2.75) is 6.54 Å². The minimum Gasteiger partial charge on any atom is -0.382 e. The zero-order valence-corrected chi connectivity index (χ0v) is 13.1. The fourth-order valence-electron chi connectivity index (χ4n) is 1.08. The SMILES string of the molecule is COCCOCCNCc1cc(Br)c(Br)s1. The van der Waals surface area contributed by atoms with E-state index in [9.17, 15) is 0 Å². The first kappa shape index (κ1) is 14.6. The van der Waals surface area contributed by atoms with E-state index in [1.165, 1.54) is 4.88 Å². The van der Waals surface area contributed by atoms with Crippen molar-refractivity contribution in [3.63, 3.8) is 0 Å². The van der Waals surface area contributed by atoms with Gasteiger partial charge in [-0.1, -0.05) is 0 Å². The summed E-state index contributed by atoms with van der Waals surface area (Å²) in [6.45, 7) is 3.77. The second kappa shape index (κ2) is 8.60. The van der Waals surface area contributed by atoms with Crippen molar-refractivity contribution in [2.24, 2.45) is 0 Å². The third-order valence-electron chi connectivity index (χ3n) is 1.85. The van der Waals surface area contributed by atoms with Crippen molar-refractivity contribution in [2.75, 3.05) is 33.5 Å². The third-order valence-corrected chi connectivity index (χ3v) is 5.11.